The molecule has 2 aromatic carbocycles. The number of rotatable bonds is 5. The molecule has 5 nitrogen and oxygen atoms in total. The van der Waals surface area contributed by atoms with Crippen LogP contribution < -0.4 is 10.1 Å². The Bertz CT molecular complexity index is 801. The van der Waals surface area contributed by atoms with Crippen molar-refractivity contribution in [1.29, 1.82) is 0 Å². The quantitative estimate of drug-likeness (QED) is 0.852. The molecule has 130 valence electrons. The van der Waals surface area contributed by atoms with Crippen molar-refractivity contribution < 1.29 is 14.3 Å². The molecule has 25 heavy (non-hydrogen) atoms. The lowest BCUT2D eigenvalue weighted by Gasteiger charge is -2.22. The third-order valence-corrected chi connectivity index (χ3v) is 4.57. The van der Waals surface area contributed by atoms with Gasteiger partial charge in [-0.25, -0.2) is 4.79 Å². The average molecular weight is 338 g/mol. The van der Waals surface area contributed by atoms with Crippen molar-refractivity contribution in [2.24, 2.45) is 0 Å². The van der Waals surface area contributed by atoms with E-state index in [0.29, 0.717) is 0 Å². The van der Waals surface area contributed by atoms with Gasteiger partial charge >= 0.3 is 6.03 Å². The minimum absolute atomic E-state index is 0.209. The van der Waals surface area contributed by atoms with Crippen molar-refractivity contribution in [1.82, 2.24) is 10.2 Å². The molecular weight excluding hydrogens is 316 g/mol. The highest BCUT2D eigenvalue weighted by Gasteiger charge is 2.48. The molecule has 1 N–H and O–H groups in total. The number of nitrogens with one attached hydrogen (secondary N) is 1. The fraction of sp³-hybridized carbons (Fsp3) is 0.300. The van der Waals surface area contributed by atoms with E-state index in [-0.39, 0.29) is 25.1 Å². The first kappa shape index (κ1) is 17.0. The third kappa shape index (κ3) is 3.22. The summed E-state index contributed by atoms with van der Waals surface area (Å²) in [6.07, 6.45) is 0. The normalized spacial score (nSPS) is 19.9. The number of imide groups is 1. The monoisotopic (exact) mass is 338 g/mol. The van der Waals surface area contributed by atoms with Crippen molar-refractivity contribution in [2.45, 2.75) is 26.3 Å². The maximum absolute atomic E-state index is 12.8. The molecule has 0 saturated carbocycles. The summed E-state index contributed by atoms with van der Waals surface area (Å²) in [5, 5.41) is 2.81. The fourth-order valence-electron chi connectivity index (χ4n) is 2.95. The highest BCUT2D eigenvalue weighted by atomic mass is 16.5. The van der Waals surface area contributed by atoms with Crippen molar-refractivity contribution in [3.8, 4) is 5.75 Å². The van der Waals surface area contributed by atoms with Gasteiger partial charge in [0.05, 0.1) is 6.54 Å². The van der Waals surface area contributed by atoms with Crippen molar-refractivity contribution in [3.05, 3.63) is 65.2 Å². The maximum atomic E-state index is 12.8. The van der Waals surface area contributed by atoms with Crippen molar-refractivity contribution in [2.75, 3.05) is 13.2 Å². The minimum Gasteiger partial charge on any atom is -0.491 e. The molecule has 0 radical (unpaired) electrons. The lowest BCUT2D eigenvalue weighted by Crippen LogP contribution is -2.41. The molecule has 0 aromatic heterocycles. The third-order valence-electron chi connectivity index (χ3n) is 4.57. The number of amides is 3. The van der Waals surface area contributed by atoms with Gasteiger partial charge in [-0.1, -0.05) is 48.0 Å². The molecule has 3 amide bonds. The van der Waals surface area contributed by atoms with Crippen LogP contribution in [0.25, 0.3) is 0 Å². The van der Waals surface area contributed by atoms with E-state index in [0.717, 1.165) is 22.4 Å². The lowest BCUT2D eigenvalue weighted by atomic mass is 9.91. The topological polar surface area (TPSA) is 58.6 Å². The number of nitrogens with zero attached hydrogens (tertiary/aromatic N) is 1. The molecule has 1 fully saturated rings. The second-order valence-corrected chi connectivity index (χ2v) is 6.49. The Labute approximate surface area is 147 Å². The number of carbonyl (C=O) groups excluding carboxylic acids is 2. The number of carbonyl (C=O) groups is 2. The second kappa shape index (κ2) is 6.59. The van der Waals surface area contributed by atoms with E-state index in [2.05, 4.69) is 5.32 Å². The van der Waals surface area contributed by atoms with Crippen LogP contribution in [0, 0.1) is 13.8 Å². The van der Waals surface area contributed by atoms with E-state index in [9.17, 15) is 9.59 Å². The summed E-state index contributed by atoms with van der Waals surface area (Å²) in [5.41, 5.74) is 1.86. The number of hydrogen-bond acceptors (Lipinski definition) is 3. The van der Waals surface area contributed by atoms with Crippen LogP contribution in [0.2, 0.25) is 0 Å². The molecular formula is C20H22N2O3. The highest BCUT2D eigenvalue weighted by molar-refractivity contribution is 6.07. The van der Waals surface area contributed by atoms with Crippen molar-refractivity contribution in [3.63, 3.8) is 0 Å². The van der Waals surface area contributed by atoms with Gasteiger partial charge in [-0.15, -0.1) is 0 Å². The Kier molecular flexibility index (Phi) is 4.49. The van der Waals surface area contributed by atoms with Crippen LogP contribution in [-0.4, -0.2) is 30.0 Å². The van der Waals surface area contributed by atoms with Gasteiger partial charge in [0.1, 0.15) is 17.9 Å². The first-order chi connectivity index (χ1) is 11.9. The summed E-state index contributed by atoms with van der Waals surface area (Å²) in [6, 6.07) is 14.9. The Morgan fingerprint density at radius 2 is 1.72 bits per heavy atom. The molecule has 1 aliphatic heterocycles. The molecule has 1 unspecified atom stereocenters. The number of benzene rings is 2. The Hall–Kier alpha value is -2.82. The molecule has 1 atom stereocenters. The lowest BCUT2D eigenvalue weighted by molar-refractivity contribution is -0.131. The zero-order valence-corrected chi connectivity index (χ0v) is 14.7. The highest BCUT2D eigenvalue weighted by Crippen LogP contribution is 2.29. The van der Waals surface area contributed by atoms with Crippen LogP contribution >= 0.6 is 0 Å². The fourth-order valence-corrected chi connectivity index (χ4v) is 2.95. The standard InChI is InChI=1S/C20H22N2O3/c1-14-8-10-16(11-9-14)20(3)18(23)22(19(24)21-20)12-13-25-17-7-5-4-6-15(17)2/h4-11H,12-13H2,1-3H3,(H,21,24). The van der Waals surface area contributed by atoms with Gasteiger partial charge in [0, 0.05) is 0 Å². The SMILES string of the molecule is Cc1ccc(C2(C)NC(=O)N(CCOc3ccccc3C)C2=O)cc1. The van der Waals surface area contributed by atoms with E-state index >= 15 is 0 Å². The van der Waals surface area contributed by atoms with Gasteiger partial charge in [-0.3, -0.25) is 9.69 Å². The minimum atomic E-state index is -1.03. The van der Waals surface area contributed by atoms with E-state index in [4.69, 9.17) is 4.74 Å². The molecule has 5 heteroatoms. The summed E-state index contributed by atoms with van der Waals surface area (Å²) in [4.78, 5) is 26.3. The van der Waals surface area contributed by atoms with Crippen molar-refractivity contribution >= 4 is 11.9 Å². The van der Waals surface area contributed by atoms with Gasteiger partial charge in [-0.05, 0) is 38.0 Å². The van der Waals surface area contributed by atoms with Crippen LogP contribution in [0.1, 0.15) is 23.6 Å². The first-order valence-electron chi connectivity index (χ1n) is 8.31. The van der Waals surface area contributed by atoms with Crippen LogP contribution in [0.15, 0.2) is 48.5 Å². The number of ether oxygens (including phenoxy) is 1. The Morgan fingerprint density at radius 1 is 1.04 bits per heavy atom. The van der Waals surface area contributed by atoms with Crippen LogP contribution in [-0.2, 0) is 10.3 Å². The number of hydrogen-bond donors (Lipinski definition) is 1. The number of para-hydroxylation sites is 1. The summed E-state index contributed by atoms with van der Waals surface area (Å²) < 4.78 is 5.71. The van der Waals surface area contributed by atoms with Gasteiger partial charge in [0.2, 0.25) is 0 Å². The average Bonchev–Trinajstić information content (AvgIpc) is 2.81. The molecule has 1 aliphatic rings. The first-order valence-corrected chi connectivity index (χ1v) is 8.31. The predicted octanol–water partition coefficient (Wildman–Crippen LogP) is 3.15. The van der Waals surface area contributed by atoms with Crippen LogP contribution in [0.4, 0.5) is 4.79 Å². The van der Waals surface area contributed by atoms with Gasteiger partial charge in [0.25, 0.3) is 5.91 Å². The Morgan fingerprint density at radius 3 is 2.40 bits per heavy atom. The number of urea groups is 1. The van der Waals surface area contributed by atoms with E-state index in [1.54, 1.807) is 6.92 Å². The molecule has 1 heterocycles. The van der Waals surface area contributed by atoms with E-state index in [1.807, 2.05) is 62.4 Å². The summed E-state index contributed by atoms with van der Waals surface area (Å²) in [5.74, 6) is 0.505. The molecule has 2 aromatic rings. The van der Waals surface area contributed by atoms with Crippen LogP contribution in [0.5, 0.6) is 5.75 Å². The Balaban J connectivity index is 1.69. The largest absolute Gasteiger partial charge is 0.491 e. The molecule has 3 rings (SSSR count). The molecule has 0 aliphatic carbocycles. The summed E-state index contributed by atoms with van der Waals surface area (Å²) in [6.45, 7) is 6.14. The molecule has 1 saturated heterocycles. The van der Waals surface area contributed by atoms with Gasteiger partial charge in [-0.2, -0.15) is 0 Å². The van der Waals surface area contributed by atoms with E-state index in [1.165, 1.54) is 4.90 Å². The zero-order valence-electron chi connectivity index (χ0n) is 14.7. The summed E-state index contributed by atoms with van der Waals surface area (Å²) in [7, 11) is 0. The second-order valence-electron chi connectivity index (χ2n) is 6.49. The number of aryl methyl sites for hydroxylation is 2. The maximum Gasteiger partial charge on any atom is 0.325 e. The van der Waals surface area contributed by atoms with Crippen LogP contribution in [0.3, 0.4) is 0 Å². The van der Waals surface area contributed by atoms with Gasteiger partial charge < -0.3 is 10.1 Å². The predicted molar refractivity (Wildman–Crippen MR) is 95.4 cm³/mol. The van der Waals surface area contributed by atoms with E-state index < -0.39 is 5.54 Å². The smallest absolute Gasteiger partial charge is 0.325 e. The molecule has 0 spiro atoms. The summed E-state index contributed by atoms with van der Waals surface area (Å²) >= 11 is 0. The molecule has 0 bridgehead atoms. The van der Waals surface area contributed by atoms with Gasteiger partial charge in [0.15, 0.2) is 0 Å². The zero-order chi connectivity index (χ0) is 18.0.